The number of aliphatic carboxylic acids is 1. The summed E-state index contributed by atoms with van der Waals surface area (Å²) in [5, 5.41) is 12.9. The zero-order valence-corrected chi connectivity index (χ0v) is 11.0. The van der Waals surface area contributed by atoms with Crippen molar-refractivity contribution in [2.75, 3.05) is 13.2 Å². The first-order chi connectivity index (χ1) is 9.13. The number of hydrogen-bond acceptors (Lipinski definition) is 4. The van der Waals surface area contributed by atoms with Gasteiger partial charge in [0.15, 0.2) is 0 Å². The molecule has 0 unspecified atom stereocenters. The summed E-state index contributed by atoms with van der Waals surface area (Å²) in [4.78, 5) is 21.5. The number of nitrogens with one attached hydrogen (secondary N) is 1. The predicted octanol–water partition coefficient (Wildman–Crippen LogP) is 0.274. The molecule has 19 heavy (non-hydrogen) atoms. The van der Waals surface area contributed by atoms with Crippen LogP contribution in [0.25, 0.3) is 0 Å². The minimum Gasteiger partial charge on any atom is -0.550 e. The Kier molecular flexibility index (Phi) is 6.43. The van der Waals surface area contributed by atoms with E-state index in [2.05, 4.69) is 5.32 Å². The highest BCUT2D eigenvalue weighted by Crippen LogP contribution is 2.17. The van der Waals surface area contributed by atoms with Crippen LogP contribution >= 0.6 is 0 Å². The van der Waals surface area contributed by atoms with Gasteiger partial charge in [0.25, 0.3) is 0 Å². The van der Waals surface area contributed by atoms with Crippen LogP contribution in [-0.4, -0.2) is 25.0 Å². The average molecular weight is 264 g/mol. The van der Waals surface area contributed by atoms with Crippen LogP contribution in [0, 0.1) is 0 Å². The lowest BCUT2D eigenvalue weighted by Crippen LogP contribution is -2.29. The Morgan fingerprint density at radius 3 is 2.68 bits per heavy atom. The van der Waals surface area contributed by atoms with Gasteiger partial charge in [-0.1, -0.05) is 18.2 Å². The summed E-state index contributed by atoms with van der Waals surface area (Å²) in [5.41, 5.74) is 1.02. The summed E-state index contributed by atoms with van der Waals surface area (Å²) in [6.07, 6.45) is 0.351. The third kappa shape index (κ3) is 5.90. The summed E-state index contributed by atoms with van der Waals surface area (Å²) in [5.74, 6) is -0.677. The van der Waals surface area contributed by atoms with Crippen molar-refractivity contribution in [2.45, 2.75) is 26.2 Å². The molecule has 104 valence electrons. The van der Waals surface area contributed by atoms with Gasteiger partial charge in [-0.3, -0.25) is 4.79 Å². The molecule has 1 aromatic rings. The van der Waals surface area contributed by atoms with E-state index in [0.717, 1.165) is 11.3 Å². The first-order valence-corrected chi connectivity index (χ1v) is 6.30. The molecule has 5 nitrogen and oxygen atoms in total. The number of rotatable bonds is 8. The Morgan fingerprint density at radius 1 is 1.26 bits per heavy atom. The lowest BCUT2D eigenvalue weighted by Gasteiger charge is -2.10. The standard InChI is InChI=1S/C14H19NO4/c1-2-19-12-6-4-3-5-11(12)9-10-15-13(16)7-8-14(17)18/h3-6H,2,7-10H2,1H3,(H,15,16)(H,17,18)/p-1. The maximum absolute atomic E-state index is 11.3. The third-order valence-corrected chi connectivity index (χ3v) is 2.55. The van der Waals surface area contributed by atoms with Crippen LogP contribution in [0.3, 0.4) is 0 Å². The topological polar surface area (TPSA) is 78.5 Å². The molecule has 0 saturated carbocycles. The van der Waals surface area contributed by atoms with Crippen LogP contribution in [0.15, 0.2) is 24.3 Å². The number of carboxylic acid groups (broad SMARTS) is 1. The van der Waals surface area contributed by atoms with Gasteiger partial charge in [-0.15, -0.1) is 0 Å². The normalized spacial score (nSPS) is 9.95. The van der Waals surface area contributed by atoms with Gasteiger partial charge >= 0.3 is 0 Å². The zero-order chi connectivity index (χ0) is 14.1. The molecule has 0 aliphatic heterocycles. The number of carbonyl (C=O) groups excluding carboxylic acids is 2. The molecule has 0 spiro atoms. The fraction of sp³-hybridized carbons (Fsp3) is 0.429. The highest BCUT2D eigenvalue weighted by molar-refractivity contribution is 5.79. The zero-order valence-electron chi connectivity index (χ0n) is 11.0. The number of para-hydroxylation sites is 1. The van der Waals surface area contributed by atoms with Gasteiger partial charge in [0, 0.05) is 18.9 Å². The van der Waals surface area contributed by atoms with Gasteiger partial charge in [-0.05, 0) is 31.4 Å². The highest BCUT2D eigenvalue weighted by Gasteiger charge is 2.04. The summed E-state index contributed by atoms with van der Waals surface area (Å²) in [7, 11) is 0. The molecule has 1 N–H and O–H groups in total. The van der Waals surface area contributed by atoms with Crippen molar-refractivity contribution in [2.24, 2.45) is 0 Å². The molecule has 0 radical (unpaired) electrons. The molecular formula is C14H18NO4-. The van der Waals surface area contributed by atoms with Crippen LogP contribution in [0.4, 0.5) is 0 Å². The second kappa shape index (κ2) is 8.13. The molecule has 0 aliphatic rings. The first-order valence-electron chi connectivity index (χ1n) is 6.30. The van der Waals surface area contributed by atoms with Gasteiger partial charge in [-0.2, -0.15) is 0 Å². The number of carbonyl (C=O) groups is 2. The number of carboxylic acids is 1. The van der Waals surface area contributed by atoms with Crippen LogP contribution in [0.2, 0.25) is 0 Å². The van der Waals surface area contributed by atoms with Crippen molar-refractivity contribution in [1.82, 2.24) is 5.32 Å². The molecular weight excluding hydrogens is 246 g/mol. The van der Waals surface area contributed by atoms with Crippen LogP contribution in [0.1, 0.15) is 25.3 Å². The molecule has 0 aliphatic carbocycles. The molecule has 0 saturated heterocycles. The molecule has 5 heteroatoms. The second-order valence-corrected chi connectivity index (χ2v) is 4.01. The molecule has 0 fully saturated rings. The molecule has 0 aromatic heterocycles. The lowest BCUT2D eigenvalue weighted by atomic mass is 10.1. The van der Waals surface area contributed by atoms with Gasteiger partial charge in [0.2, 0.25) is 5.91 Å². The average Bonchev–Trinajstić information content (AvgIpc) is 2.39. The lowest BCUT2D eigenvalue weighted by molar-refractivity contribution is -0.305. The Hall–Kier alpha value is -2.04. The summed E-state index contributed by atoms with van der Waals surface area (Å²) in [6, 6.07) is 7.64. The van der Waals surface area contributed by atoms with E-state index in [1.807, 2.05) is 31.2 Å². The van der Waals surface area contributed by atoms with Crippen molar-refractivity contribution in [3.05, 3.63) is 29.8 Å². The van der Waals surface area contributed by atoms with E-state index < -0.39 is 5.97 Å². The monoisotopic (exact) mass is 264 g/mol. The van der Waals surface area contributed by atoms with E-state index in [0.29, 0.717) is 19.6 Å². The fourth-order valence-corrected chi connectivity index (χ4v) is 1.65. The number of ether oxygens (including phenoxy) is 1. The van der Waals surface area contributed by atoms with E-state index >= 15 is 0 Å². The van der Waals surface area contributed by atoms with Crippen LogP contribution in [0.5, 0.6) is 5.75 Å². The molecule has 0 bridgehead atoms. The fourth-order valence-electron chi connectivity index (χ4n) is 1.65. The third-order valence-electron chi connectivity index (χ3n) is 2.55. The van der Waals surface area contributed by atoms with Crippen molar-refractivity contribution >= 4 is 11.9 Å². The Morgan fingerprint density at radius 2 is 2.00 bits per heavy atom. The molecule has 0 heterocycles. The maximum Gasteiger partial charge on any atom is 0.220 e. The summed E-state index contributed by atoms with van der Waals surface area (Å²) in [6.45, 7) is 2.96. The smallest absolute Gasteiger partial charge is 0.220 e. The first kappa shape index (κ1) is 15.0. The minimum absolute atomic E-state index is 0.0462. The molecule has 1 amide bonds. The van der Waals surface area contributed by atoms with E-state index in [9.17, 15) is 14.7 Å². The summed E-state index contributed by atoms with van der Waals surface area (Å²) >= 11 is 0. The Balaban J connectivity index is 2.36. The largest absolute Gasteiger partial charge is 0.550 e. The molecule has 0 atom stereocenters. The quantitative estimate of drug-likeness (QED) is 0.731. The van der Waals surface area contributed by atoms with Gasteiger partial charge in [0.1, 0.15) is 5.75 Å². The van der Waals surface area contributed by atoms with Crippen molar-refractivity contribution in [3.63, 3.8) is 0 Å². The predicted molar refractivity (Wildman–Crippen MR) is 68.6 cm³/mol. The van der Waals surface area contributed by atoms with Crippen LogP contribution < -0.4 is 15.2 Å². The van der Waals surface area contributed by atoms with Crippen molar-refractivity contribution < 1.29 is 19.4 Å². The van der Waals surface area contributed by atoms with E-state index in [-0.39, 0.29) is 18.7 Å². The SMILES string of the molecule is CCOc1ccccc1CCNC(=O)CCC(=O)[O-]. The Bertz CT molecular complexity index is 431. The number of benzene rings is 1. The molecule has 1 rings (SSSR count). The molecule has 1 aromatic carbocycles. The van der Waals surface area contributed by atoms with Gasteiger partial charge < -0.3 is 20.0 Å². The Labute approximate surface area is 112 Å². The minimum atomic E-state index is -1.21. The number of hydrogen-bond donors (Lipinski definition) is 1. The van der Waals surface area contributed by atoms with Gasteiger partial charge in [0.05, 0.1) is 6.61 Å². The van der Waals surface area contributed by atoms with E-state index in [4.69, 9.17) is 4.74 Å². The van der Waals surface area contributed by atoms with Crippen LogP contribution in [-0.2, 0) is 16.0 Å². The van der Waals surface area contributed by atoms with E-state index in [1.54, 1.807) is 0 Å². The van der Waals surface area contributed by atoms with Crippen molar-refractivity contribution in [3.8, 4) is 5.75 Å². The van der Waals surface area contributed by atoms with Crippen molar-refractivity contribution in [1.29, 1.82) is 0 Å². The van der Waals surface area contributed by atoms with E-state index in [1.165, 1.54) is 0 Å². The van der Waals surface area contributed by atoms with Gasteiger partial charge in [-0.25, -0.2) is 0 Å². The number of amides is 1. The second-order valence-electron chi connectivity index (χ2n) is 4.01. The maximum atomic E-state index is 11.3. The highest BCUT2D eigenvalue weighted by atomic mass is 16.5. The summed E-state index contributed by atoms with van der Waals surface area (Å²) < 4.78 is 5.47.